The van der Waals surface area contributed by atoms with Gasteiger partial charge in [-0.25, -0.2) is 14.8 Å². The first kappa shape index (κ1) is 26.8. The molecule has 0 aliphatic carbocycles. The fourth-order valence-electron chi connectivity index (χ4n) is 3.95. The predicted molar refractivity (Wildman–Crippen MR) is 152 cm³/mol. The number of carbonyl (C=O) groups is 2. The van der Waals surface area contributed by atoms with Gasteiger partial charge in [0.25, 0.3) is 17.4 Å². The highest BCUT2D eigenvalue weighted by atomic mass is 35.5. The van der Waals surface area contributed by atoms with E-state index in [2.05, 4.69) is 30.6 Å². The Hall–Kier alpha value is -4.75. The number of halogens is 1. The maximum absolute atomic E-state index is 13.2. The summed E-state index contributed by atoms with van der Waals surface area (Å²) in [5.41, 5.74) is -0.304. The molecule has 0 unspecified atom stereocenters. The topological polar surface area (TPSA) is 164 Å². The Bertz CT molecular complexity index is 1890. The van der Waals surface area contributed by atoms with Crippen molar-refractivity contribution in [3.63, 3.8) is 0 Å². The number of thiazole rings is 1. The molecule has 2 aromatic carbocycles. The molecule has 4 N–H and O–H groups in total. The smallest absolute Gasteiger partial charge is 0.327 e. The van der Waals surface area contributed by atoms with Crippen LogP contribution in [-0.2, 0) is 10.3 Å². The first-order valence-corrected chi connectivity index (χ1v) is 13.0. The van der Waals surface area contributed by atoms with Gasteiger partial charge in [-0.3, -0.25) is 29.7 Å². The van der Waals surface area contributed by atoms with Gasteiger partial charge < -0.3 is 14.6 Å². The monoisotopic (exact) mass is 579 g/mol. The Morgan fingerprint density at radius 3 is 2.65 bits per heavy atom. The van der Waals surface area contributed by atoms with Gasteiger partial charge in [0.1, 0.15) is 16.9 Å². The van der Waals surface area contributed by atoms with Crippen LogP contribution < -0.4 is 26.6 Å². The van der Waals surface area contributed by atoms with E-state index in [1.165, 1.54) is 29.3 Å². The standard InChI is InChI=1S/C26H22ClN7O5S/c1-26(2,34-12-28-19-20(34)31-24(38)32-22(19)36)23(37)33-25-30-17(11-40-25)13-5-4-6-14(9-13)21(35)29-15-7-8-18(39-3)16(27)10-15/h4-12H,1-3H3,(H,29,35)(H,30,33,37)(H2,31,32,36,38). The lowest BCUT2D eigenvalue weighted by atomic mass is 10.0. The van der Waals surface area contributed by atoms with E-state index in [-0.39, 0.29) is 17.1 Å². The number of rotatable bonds is 7. The molecule has 0 aliphatic heterocycles. The number of aromatic nitrogens is 5. The zero-order chi connectivity index (χ0) is 28.6. The van der Waals surface area contributed by atoms with E-state index in [1.54, 1.807) is 61.7 Å². The number of amides is 2. The third-order valence-corrected chi connectivity index (χ3v) is 7.21. The highest BCUT2D eigenvalue weighted by molar-refractivity contribution is 7.14. The molecule has 0 aliphatic rings. The molecule has 5 rings (SSSR count). The van der Waals surface area contributed by atoms with Gasteiger partial charge in [-0.05, 0) is 44.2 Å². The highest BCUT2D eigenvalue weighted by Crippen LogP contribution is 2.29. The molecule has 0 fully saturated rings. The average Bonchev–Trinajstić information content (AvgIpc) is 3.57. The van der Waals surface area contributed by atoms with E-state index >= 15 is 0 Å². The maximum Gasteiger partial charge on any atom is 0.327 e. The molecule has 0 atom stereocenters. The summed E-state index contributed by atoms with van der Waals surface area (Å²) in [5.74, 6) is -0.279. The fourth-order valence-corrected chi connectivity index (χ4v) is 4.92. The Balaban J connectivity index is 1.33. The lowest BCUT2D eigenvalue weighted by molar-refractivity contribution is -0.122. The summed E-state index contributed by atoms with van der Waals surface area (Å²) in [5, 5.41) is 8.04. The molecule has 12 nitrogen and oxygen atoms in total. The van der Waals surface area contributed by atoms with Crippen molar-refractivity contribution in [3.05, 3.63) is 85.6 Å². The molecule has 3 aromatic heterocycles. The third-order valence-electron chi connectivity index (χ3n) is 6.15. The molecule has 40 heavy (non-hydrogen) atoms. The van der Waals surface area contributed by atoms with E-state index in [9.17, 15) is 19.2 Å². The largest absolute Gasteiger partial charge is 0.495 e. The molecule has 204 valence electrons. The molecule has 2 amide bonds. The number of ether oxygens (including phenoxy) is 1. The predicted octanol–water partition coefficient (Wildman–Crippen LogP) is 3.82. The summed E-state index contributed by atoms with van der Waals surface area (Å²) in [7, 11) is 1.51. The first-order valence-electron chi connectivity index (χ1n) is 11.8. The lowest BCUT2D eigenvalue weighted by Gasteiger charge is -2.25. The first-order chi connectivity index (χ1) is 19.1. The van der Waals surface area contributed by atoms with E-state index in [0.717, 1.165) is 0 Å². The van der Waals surface area contributed by atoms with Crippen LogP contribution in [0.4, 0.5) is 10.8 Å². The summed E-state index contributed by atoms with van der Waals surface area (Å²) in [6.45, 7) is 3.24. The van der Waals surface area contributed by atoms with Crippen molar-refractivity contribution in [2.75, 3.05) is 17.7 Å². The van der Waals surface area contributed by atoms with E-state index in [1.807, 2.05) is 0 Å². The SMILES string of the molecule is COc1ccc(NC(=O)c2cccc(-c3csc(NC(=O)C(C)(C)n4cnc5c(=O)[nH]c(=O)[nH]c54)n3)c2)cc1Cl. The highest BCUT2D eigenvalue weighted by Gasteiger charge is 2.32. The van der Waals surface area contributed by atoms with Gasteiger partial charge in [-0.1, -0.05) is 23.7 Å². The van der Waals surface area contributed by atoms with Crippen LogP contribution in [0, 0.1) is 0 Å². The van der Waals surface area contributed by atoms with Gasteiger partial charge >= 0.3 is 5.69 Å². The van der Waals surface area contributed by atoms with Crippen molar-refractivity contribution in [1.82, 2.24) is 24.5 Å². The van der Waals surface area contributed by atoms with E-state index in [0.29, 0.717) is 38.4 Å². The van der Waals surface area contributed by atoms with Crippen LogP contribution in [0.3, 0.4) is 0 Å². The Morgan fingerprint density at radius 2 is 1.90 bits per heavy atom. The molecule has 3 heterocycles. The summed E-state index contributed by atoms with van der Waals surface area (Å²) >= 11 is 7.36. The van der Waals surface area contributed by atoms with Crippen LogP contribution in [0.15, 0.2) is 63.8 Å². The van der Waals surface area contributed by atoms with Gasteiger partial charge in [0.2, 0.25) is 0 Å². The van der Waals surface area contributed by atoms with Crippen LogP contribution in [0.1, 0.15) is 24.2 Å². The van der Waals surface area contributed by atoms with Gasteiger partial charge in [0.15, 0.2) is 10.6 Å². The Kier molecular flexibility index (Phi) is 7.00. The summed E-state index contributed by atoms with van der Waals surface area (Å²) in [6.07, 6.45) is 1.32. The zero-order valence-corrected chi connectivity index (χ0v) is 22.9. The second-order valence-electron chi connectivity index (χ2n) is 9.16. The number of nitrogens with zero attached hydrogens (tertiary/aromatic N) is 3. The molecule has 0 saturated heterocycles. The minimum Gasteiger partial charge on any atom is -0.495 e. The minimum absolute atomic E-state index is 0.0102. The van der Waals surface area contributed by atoms with Crippen molar-refractivity contribution in [1.29, 1.82) is 0 Å². The normalized spacial score (nSPS) is 11.4. The second-order valence-corrected chi connectivity index (χ2v) is 10.4. The third kappa shape index (κ3) is 5.11. The average molecular weight is 580 g/mol. The zero-order valence-electron chi connectivity index (χ0n) is 21.4. The molecular weight excluding hydrogens is 558 g/mol. The van der Waals surface area contributed by atoms with Crippen molar-refractivity contribution in [3.8, 4) is 17.0 Å². The number of nitrogens with one attached hydrogen (secondary N) is 4. The minimum atomic E-state index is -1.24. The molecule has 0 radical (unpaired) electrons. The summed E-state index contributed by atoms with van der Waals surface area (Å²) in [6, 6.07) is 11.8. The quantitative estimate of drug-likeness (QED) is 0.227. The maximum atomic E-state index is 13.2. The number of H-pyrrole nitrogens is 2. The van der Waals surface area contributed by atoms with E-state index < -0.39 is 22.7 Å². The van der Waals surface area contributed by atoms with Crippen LogP contribution in [0.2, 0.25) is 5.02 Å². The van der Waals surface area contributed by atoms with Gasteiger partial charge in [0.05, 0.1) is 24.2 Å². The molecular formula is C26H22ClN7O5S. The summed E-state index contributed by atoms with van der Waals surface area (Å²) in [4.78, 5) is 63.1. The fraction of sp³-hybridized carbons (Fsp3) is 0.154. The second kappa shape index (κ2) is 10.4. The van der Waals surface area contributed by atoms with Gasteiger partial charge in [-0.15, -0.1) is 11.3 Å². The molecule has 5 aromatic rings. The van der Waals surface area contributed by atoms with E-state index in [4.69, 9.17) is 16.3 Å². The van der Waals surface area contributed by atoms with Crippen molar-refractivity contribution in [2.45, 2.75) is 19.4 Å². The molecule has 14 heteroatoms. The Morgan fingerprint density at radius 1 is 1.10 bits per heavy atom. The number of benzene rings is 2. The number of aromatic amines is 2. The van der Waals surface area contributed by atoms with Crippen LogP contribution >= 0.6 is 22.9 Å². The number of hydrogen-bond acceptors (Lipinski definition) is 8. The molecule has 0 saturated carbocycles. The van der Waals surface area contributed by atoms with Crippen molar-refractivity contribution >= 4 is 56.7 Å². The lowest BCUT2D eigenvalue weighted by Crippen LogP contribution is -2.40. The number of carbonyl (C=O) groups excluding carboxylic acids is 2. The number of fused-ring (bicyclic) bond motifs is 1. The Labute approximate surface area is 235 Å². The van der Waals surface area contributed by atoms with Crippen molar-refractivity contribution < 1.29 is 14.3 Å². The number of imidazole rings is 1. The van der Waals surface area contributed by atoms with Crippen LogP contribution in [-0.4, -0.2) is 43.4 Å². The molecule has 0 spiro atoms. The van der Waals surface area contributed by atoms with Crippen LogP contribution in [0.25, 0.3) is 22.4 Å². The number of hydrogen-bond donors (Lipinski definition) is 4. The van der Waals surface area contributed by atoms with Gasteiger partial charge in [-0.2, -0.15) is 0 Å². The number of anilines is 2. The molecule has 0 bridgehead atoms. The van der Waals surface area contributed by atoms with Gasteiger partial charge in [0, 0.05) is 22.2 Å². The number of methoxy groups -OCH3 is 1. The van der Waals surface area contributed by atoms with Crippen molar-refractivity contribution in [2.24, 2.45) is 0 Å². The van der Waals surface area contributed by atoms with Crippen LogP contribution in [0.5, 0.6) is 5.75 Å². The summed E-state index contributed by atoms with van der Waals surface area (Å²) < 4.78 is 6.55.